The average Bonchev–Trinajstić information content (AvgIpc) is 2.89. The van der Waals surface area contributed by atoms with Crippen LogP contribution in [0.15, 0.2) is 59.2 Å². The topological polar surface area (TPSA) is 77.2 Å². The SMILES string of the molecule is O=C(Cn1ccc2cc(Br)ccc21)Nc1cccc([N+](=O)[O-])c1. The number of nitrogens with zero attached hydrogens (tertiary/aromatic N) is 2. The highest BCUT2D eigenvalue weighted by molar-refractivity contribution is 9.10. The number of carbonyl (C=O) groups is 1. The molecule has 116 valence electrons. The van der Waals surface area contributed by atoms with E-state index in [4.69, 9.17) is 0 Å². The van der Waals surface area contributed by atoms with E-state index in [1.165, 1.54) is 18.2 Å². The maximum atomic E-state index is 12.2. The highest BCUT2D eigenvalue weighted by atomic mass is 79.9. The van der Waals surface area contributed by atoms with Crippen molar-refractivity contribution < 1.29 is 9.72 Å². The first-order valence-corrected chi connectivity index (χ1v) is 7.61. The molecule has 1 N–H and O–H groups in total. The zero-order chi connectivity index (χ0) is 16.4. The van der Waals surface area contributed by atoms with Crippen LogP contribution in [0.3, 0.4) is 0 Å². The van der Waals surface area contributed by atoms with Gasteiger partial charge in [-0.05, 0) is 30.3 Å². The van der Waals surface area contributed by atoms with E-state index >= 15 is 0 Å². The fraction of sp³-hybridized carbons (Fsp3) is 0.0625. The van der Waals surface area contributed by atoms with Crippen LogP contribution >= 0.6 is 15.9 Å². The third kappa shape index (κ3) is 3.40. The molecule has 0 unspecified atom stereocenters. The van der Waals surface area contributed by atoms with Crippen LogP contribution in [-0.2, 0) is 11.3 Å². The molecular weight excluding hydrogens is 362 g/mol. The number of fused-ring (bicyclic) bond motifs is 1. The number of aromatic nitrogens is 1. The first kappa shape index (κ1) is 15.2. The molecule has 3 rings (SSSR count). The molecule has 6 nitrogen and oxygen atoms in total. The van der Waals surface area contributed by atoms with E-state index < -0.39 is 4.92 Å². The van der Waals surface area contributed by atoms with E-state index in [1.54, 1.807) is 6.07 Å². The van der Waals surface area contributed by atoms with E-state index in [0.717, 1.165) is 15.4 Å². The molecule has 0 spiro atoms. The lowest BCUT2D eigenvalue weighted by atomic mass is 10.2. The average molecular weight is 374 g/mol. The third-order valence-electron chi connectivity index (χ3n) is 3.39. The van der Waals surface area contributed by atoms with Crippen molar-refractivity contribution in [1.29, 1.82) is 0 Å². The van der Waals surface area contributed by atoms with Crippen molar-refractivity contribution in [3.8, 4) is 0 Å². The minimum absolute atomic E-state index is 0.0564. The van der Waals surface area contributed by atoms with Gasteiger partial charge in [0.05, 0.1) is 4.92 Å². The Morgan fingerprint density at radius 3 is 2.83 bits per heavy atom. The number of anilines is 1. The molecule has 0 fully saturated rings. The molecule has 23 heavy (non-hydrogen) atoms. The van der Waals surface area contributed by atoms with Gasteiger partial charge in [0.25, 0.3) is 5.69 Å². The van der Waals surface area contributed by atoms with Crippen molar-refractivity contribution in [3.05, 3.63) is 69.3 Å². The van der Waals surface area contributed by atoms with Gasteiger partial charge in [0.1, 0.15) is 6.54 Å². The maximum Gasteiger partial charge on any atom is 0.271 e. The van der Waals surface area contributed by atoms with Crippen molar-refractivity contribution in [2.24, 2.45) is 0 Å². The van der Waals surface area contributed by atoms with Gasteiger partial charge in [0.2, 0.25) is 5.91 Å². The normalized spacial score (nSPS) is 10.7. The minimum Gasteiger partial charge on any atom is -0.338 e. The van der Waals surface area contributed by atoms with Gasteiger partial charge in [-0.3, -0.25) is 14.9 Å². The molecule has 2 aromatic carbocycles. The number of nitro groups is 1. The first-order valence-electron chi connectivity index (χ1n) is 6.81. The highest BCUT2D eigenvalue weighted by Crippen LogP contribution is 2.21. The van der Waals surface area contributed by atoms with Gasteiger partial charge in [0, 0.05) is 39.4 Å². The smallest absolute Gasteiger partial charge is 0.271 e. The summed E-state index contributed by atoms with van der Waals surface area (Å²) in [4.78, 5) is 22.4. The highest BCUT2D eigenvalue weighted by Gasteiger charge is 2.10. The summed E-state index contributed by atoms with van der Waals surface area (Å²) in [6.45, 7) is 0.133. The molecule has 1 aromatic heterocycles. The Morgan fingerprint density at radius 1 is 1.22 bits per heavy atom. The molecule has 0 atom stereocenters. The number of non-ortho nitro benzene ring substituents is 1. The first-order chi connectivity index (χ1) is 11.0. The molecule has 0 aliphatic rings. The summed E-state index contributed by atoms with van der Waals surface area (Å²) in [6, 6.07) is 13.6. The molecule has 1 amide bonds. The van der Waals surface area contributed by atoms with Gasteiger partial charge < -0.3 is 9.88 Å². The lowest BCUT2D eigenvalue weighted by Gasteiger charge is -2.07. The fourth-order valence-electron chi connectivity index (χ4n) is 2.36. The van der Waals surface area contributed by atoms with E-state index in [1.807, 2.05) is 35.0 Å². The van der Waals surface area contributed by atoms with Crippen LogP contribution in [0.25, 0.3) is 10.9 Å². The van der Waals surface area contributed by atoms with Crippen LogP contribution in [0.2, 0.25) is 0 Å². The Labute approximate surface area is 140 Å². The molecule has 0 radical (unpaired) electrons. The summed E-state index contributed by atoms with van der Waals surface area (Å²) < 4.78 is 2.80. The summed E-state index contributed by atoms with van der Waals surface area (Å²) in [6.07, 6.45) is 1.84. The van der Waals surface area contributed by atoms with Crippen molar-refractivity contribution in [2.75, 3.05) is 5.32 Å². The van der Waals surface area contributed by atoms with Gasteiger partial charge in [0.15, 0.2) is 0 Å². The number of rotatable bonds is 4. The molecule has 3 aromatic rings. The monoisotopic (exact) mass is 373 g/mol. The second-order valence-corrected chi connectivity index (χ2v) is 5.92. The van der Waals surface area contributed by atoms with Gasteiger partial charge in [-0.25, -0.2) is 0 Å². The van der Waals surface area contributed by atoms with Crippen molar-refractivity contribution in [2.45, 2.75) is 6.54 Å². The Kier molecular flexibility index (Phi) is 4.12. The summed E-state index contributed by atoms with van der Waals surface area (Å²) in [5.74, 6) is -0.245. The number of carbonyl (C=O) groups excluding carboxylic acids is 1. The summed E-state index contributed by atoms with van der Waals surface area (Å²) in [7, 11) is 0. The van der Waals surface area contributed by atoms with Gasteiger partial charge in [-0.2, -0.15) is 0 Å². The molecule has 0 bridgehead atoms. The van der Waals surface area contributed by atoms with Crippen LogP contribution in [0.5, 0.6) is 0 Å². The van der Waals surface area contributed by atoms with Crippen molar-refractivity contribution in [3.63, 3.8) is 0 Å². The Morgan fingerprint density at radius 2 is 2.04 bits per heavy atom. The number of halogens is 1. The Balaban J connectivity index is 1.76. The van der Waals surface area contributed by atoms with Crippen LogP contribution < -0.4 is 5.32 Å². The number of hydrogen-bond donors (Lipinski definition) is 1. The number of benzene rings is 2. The van der Waals surface area contributed by atoms with E-state index in [9.17, 15) is 14.9 Å². The second kappa shape index (κ2) is 6.21. The van der Waals surface area contributed by atoms with Crippen LogP contribution in [0, 0.1) is 10.1 Å². The standard InChI is InChI=1S/C16H12BrN3O3/c17-12-4-5-15-11(8-12)6-7-19(15)10-16(21)18-13-2-1-3-14(9-13)20(22)23/h1-9H,10H2,(H,18,21). The zero-order valence-corrected chi connectivity index (χ0v) is 13.5. The Bertz CT molecular complexity index is 904. The van der Waals surface area contributed by atoms with Crippen LogP contribution in [-0.4, -0.2) is 15.4 Å². The maximum absolute atomic E-state index is 12.2. The van der Waals surface area contributed by atoms with Crippen molar-refractivity contribution >= 4 is 44.1 Å². The predicted octanol–water partition coefficient (Wildman–Crippen LogP) is 3.95. The molecule has 0 saturated heterocycles. The van der Waals surface area contributed by atoms with Crippen LogP contribution in [0.1, 0.15) is 0 Å². The summed E-state index contributed by atoms with van der Waals surface area (Å²) in [5, 5.41) is 14.5. The predicted molar refractivity (Wildman–Crippen MR) is 91.4 cm³/mol. The van der Waals surface area contributed by atoms with E-state index in [-0.39, 0.29) is 18.1 Å². The van der Waals surface area contributed by atoms with Crippen LogP contribution in [0.4, 0.5) is 11.4 Å². The lowest BCUT2D eigenvalue weighted by molar-refractivity contribution is -0.384. The van der Waals surface area contributed by atoms with Gasteiger partial charge >= 0.3 is 0 Å². The zero-order valence-electron chi connectivity index (χ0n) is 11.9. The molecule has 0 saturated carbocycles. The quantitative estimate of drug-likeness (QED) is 0.555. The lowest BCUT2D eigenvalue weighted by Crippen LogP contribution is -2.18. The molecule has 1 heterocycles. The minimum atomic E-state index is -0.493. The molecular formula is C16H12BrN3O3. The van der Waals surface area contributed by atoms with E-state index in [2.05, 4.69) is 21.2 Å². The third-order valence-corrected chi connectivity index (χ3v) is 3.88. The van der Waals surface area contributed by atoms with Gasteiger partial charge in [-0.1, -0.05) is 22.0 Å². The molecule has 0 aliphatic heterocycles. The largest absolute Gasteiger partial charge is 0.338 e. The number of amides is 1. The summed E-state index contributed by atoms with van der Waals surface area (Å²) >= 11 is 3.41. The number of hydrogen-bond acceptors (Lipinski definition) is 3. The van der Waals surface area contributed by atoms with E-state index in [0.29, 0.717) is 5.69 Å². The fourth-order valence-corrected chi connectivity index (χ4v) is 2.74. The molecule has 0 aliphatic carbocycles. The molecule has 7 heteroatoms. The van der Waals surface area contributed by atoms with Gasteiger partial charge in [-0.15, -0.1) is 0 Å². The number of nitro benzene ring substituents is 1. The van der Waals surface area contributed by atoms with Crippen molar-refractivity contribution in [1.82, 2.24) is 4.57 Å². The summed E-state index contributed by atoms with van der Waals surface area (Å²) in [5.41, 5.74) is 1.30. The second-order valence-electron chi connectivity index (χ2n) is 5.00. The number of nitrogens with one attached hydrogen (secondary N) is 1. The Hall–Kier alpha value is -2.67.